The summed E-state index contributed by atoms with van der Waals surface area (Å²) in [4.78, 5) is 22.1. The summed E-state index contributed by atoms with van der Waals surface area (Å²) in [5.74, 6) is -0.825. The van der Waals surface area contributed by atoms with Crippen LogP contribution in [0.4, 0.5) is 0 Å². The van der Waals surface area contributed by atoms with Gasteiger partial charge in [0.05, 0.1) is 6.61 Å². The Morgan fingerprint density at radius 1 is 1.32 bits per heavy atom. The Morgan fingerprint density at radius 3 is 2.53 bits per heavy atom. The van der Waals surface area contributed by atoms with Crippen LogP contribution in [-0.4, -0.2) is 31.6 Å². The molecule has 104 valence electrons. The molecule has 1 aromatic rings. The van der Waals surface area contributed by atoms with Gasteiger partial charge in [0.25, 0.3) is 0 Å². The summed E-state index contributed by atoms with van der Waals surface area (Å²) in [6.07, 6.45) is 0. The summed E-state index contributed by atoms with van der Waals surface area (Å²) in [6.45, 7) is 2.31. The predicted molar refractivity (Wildman–Crippen MR) is 71.1 cm³/mol. The number of hydrogen-bond acceptors (Lipinski definition) is 4. The monoisotopic (exact) mass is 265 g/mol. The first-order chi connectivity index (χ1) is 9.00. The van der Waals surface area contributed by atoms with Crippen LogP contribution in [-0.2, 0) is 14.3 Å². The van der Waals surface area contributed by atoms with Gasteiger partial charge < -0.3 is 21.5 Å². The van der Waals surface area contributed by atoms with Gasteiger partial charge in [0.1, 0.15) is 12.6 Å². The maximum absolute atomic E-state index is 11.7. The summed E-state index contributed by atoms with van der Waals surface area (Å²) in [5.41, 5.74) is 12.6. The molecule has 1 atom stereocenters. The molecule has 19 heavy (non-hydrogen) atoms. The molecule has 0 aliphatic heterocycles. The maximum Gasteiger partial charge on any atom is 0.243 e. The number of benzene rings is 1. The number of aryl methyl sites for hydroxylation is 1. The smallest absolute Gasteiger partial charge is 0.243 e. The molecular formula is C13H19N3O3. The quantitative estimate of drug-likeness (QED) is 0.584. The van der Waals surface area contributed by atoms with Gasteiger partial charge in [0, 0.05) is 6.54 Å². The summed E-state index contributed by atoms with van der Waals surface area (Å²) in [6, 6.07) is 6.74. The highest BCUT2D eigenvalue weighted by atomic mass is 16.5. The molecular weight excluding hydrogens is 246 g/mol. The molecule has 2 amide bonds. The van der Waals surface area contributed by atoms with Crippen LogP contribution in [0.15, 0.2) is 24.3 Å². The van der Waals surface area contributed by atoms with E-state index in [4.69, 9.17) is 16.2 Å². The zero-order valence-corrected chi connectivity index (χ0v) is 10.9. The Bertz CT molecular complexity index is 431. The highest BCUT2D eigenvalue weighted by Gasteiger charge is 2.14. The van der Waals surface area contributed by atoms with Crippen LogP contribution in [0.1, 0.15) is 17.2 Å². The first kappa shape index (κ1) is 15.1. The SMILES string of the molecule is Cc1ccc(C(N)C(=O)NCCOCC(N)=O)cc1. The molecule has 0 saturated carbocycles. The van der Waals surface area contributed by atoms with E-state index in [1.807, 2.05) is 31.2 Å². The fourth-order valence-electron chi connectivity index (χ4n) is 1.45. The first-order valence-corrected chi connectivity index (χ1v) is 5.96. The fraction of sp³-hybridized carbons (Fsp3) is 0.385. The van der Waals surface area contributed by atoms with Crippen molar-refractivity contribution >= 4 is 11.8 Å². The van der Waals surface area contributed by atoms with E-state index in [-0.39, 0.29) is 25.7 Å². The van der Waals surface area contributed by atoms with E-state index in [0.717, 1.165) is 11.1 Å². The number of rotatable bonds is 7. The molecule has 0 aromatic heterocycles. The van der Waals surface area contributed by atoms with Gasteiger partial charge in [0.15, 0.2) is 0 Å². The van der Waals surface area contributed by atoms with Gasteiger partial charge in [-0.05, 0) is 12.5 Å². The van der Waals surface area contributed by atoms with Gasteiger partial charge in [-0.1, -0.05) is 29.8 Å². The topological polar surface area (TPSA) is 107 Å². The van der Waals surface area contributed by atoms with Gasteiger partial charge in [0.2, 0.25) is 11.8 Å². The first-order valence-electron chi connectivity index (χ1n) is 5.96. The standard InChI is InChI=1S/C13H19N3O3/c1-9-2-4-10(5-3-9)12(15)13(18)16-6-7-19-8-11(14)17/h2-5,12H,6-8,15H2,1H3,(H2,14,17)(H,16,18). The van der Waals surface area contributed by atoms with Crippen molar-refractivity contribution in [3.8, 4) is 0 Å². The van der Waals surface area contributed by atoms with Crippen molar-refractivity contribution in [2.45, 2.75) is 13.0 Å². The van der Waals surface area contributed by atoms with Crippen molar-refractivity contribution in [1.29, 1.82) is 0 Å². The molecule has 0 bridgehead atoms. The summed E-state index contributed by atoms with van der Waals surface area (Å²) in [7, 11) is 0. The third-order valence-corrected chi connectivity index (χ3v) is 2.51. The van der Waals surface area contributed by atoms with Crippen molar-refractivity contribution in [1.82, 2.24) is 5.32 Å². The zero-order valence-electron chi connectivity index (χ0n) is 10.9. The van der Waals surface area contributed by atoms with Crippen molar-refractivity contribution in [3.05, 3.63) is 35.4 Å². The van der Waals surface area contributed by atoms with Crippen LogP contribution in [0.5, 0.6) is 0 Å². The van der Waals surface area contributed by atoms with Crippen LogP contribution in [0, 0.1) is 6.92 Å². The Hall–Kier alpha value is -1.92. The van der Waals surface area contributed by atoms with Gasteiger partial charge in [-0.25, -0.2) is 0 Å². The van der Waals surface area contributed by atoms with Gasteiger partial charge in [-0.3, -0.25) is 9.59 Å². The fourth-order valence-corrected chi connectivity index (χ4v) is 1.45. The Labute approximate surface area is 112 Å². The summed E-state index contributed by atoms with van der Waals surface area (Å²) < 4.78 is 4.92. The molecule has 0 fully saturated rings. The molecule has 0 radical (unpaired) electrons. The molecule has 0 spiro atoms. The van der Waals surface area contributed by atoms with E-state index in [0.29, 0.717) is 0 Å². The summed E-state index contributed by atoms with van der Waals surface area (Å²) in [5, 5.41) is 2.63. The van der Waals surface area contributed by atoms with Gasteiger partial charge >= 0.3 is 0 Å². The van der Waals surface area contributed by atoms with E-state index in [2.05, 4.69) is 5.32 Å². The molecule has 5 N–H and O–H groups in total. The van der Waals surface area contributed by atoms with E-state index >= 15 is 0 Å². The number of carbonyl (C=O) groups is 2. The van der Waals surface area contributed by atoms with Crippen LogP contribution in [0.3, 0.4) is 0 Å². The minimum Gasteiger partial charge on any atom is -0.370 e. The van der Waals surface area contributed by atoms with Crippen LogP contribution in [0.25, 0.3) is 0 Å². The highest BCUT2D eigenvalue weighted by molar-refractivity contribution is 5.82. The molecule has 6 heteroatoms. The maximum atomic E-state index is 11.7. The molecule has 0 heterocycles. The second kappa shape index (κ2) is 7.50. The number of amides is 2. The molecule has 0 saturated heterocycles. The molecule has 6 nitrogen and oxygen atoms in total. The van der Waals surface area contributed by atoms with Crippen molar-refractivity contribution < 1.29 is 14.3 Å². The number of primary amides is 1. The number of ether oxygens (including phenoxy) is 1. The normalized spacial score (nSPS) is 11.9. The number of nitrogens with one attached hydrogen (secondary N) is 1. The highest BCUT2D eigenvalue weighted by Crippen LogP contribution is 2.11. The molecule has 0 aliphatic rings. The van der Waals surface area contributed by atoms with E-state index < -0.39 is 11.9 Å². The lowest BCUT2D eigenvalue weighted by Gasteiger charge is -2.12. The Morgan fingerprint density at radius 2 is 1.95 bits per heavy atom. The van der Waals surface area contributed by atoms with Gasteiger partial charge in [-0.2, -0.15) is 0 Å². The minimum absolute atomic E-state index is 0.153. The van der Waals surface area contributed by atoms with Crippen molar-refractivity contribution in [3.63, 3.8) is 0 Å². The predicted octanol–water partition coefficient (Wildman–Crippen LogP) is -0.387. The minimum atomic E-state index is -0.711. The van der Waals surface area contributed by atoms with Gasteiger partial charge in [-0.15, -0.1) is 0 Å². The second-order valence-electron chi connectivity index (χ2n) is 4.20. The molecule has 0 aliphatic carbocycles. The Balaban J connectivity index is 2.32. The number of nitrogens with two attached hydrogens (primary N) is 2. The lowest BCUT2D eigenvalue weighted by atomic mass is 10.1. The lowest BCUT2D eigenvalue weighted by Crippen LogP contribution is -2.36. The largest absolute Gasteiger partial charge is 0.370 e. The molecule has 1 unspecified atom stereocenters. The lowest BCUT2D eigenvalue weighted by molar-refractivity contribution is -0.123. The molecule has 1 rings (SSSR count). The third kappa shape index (κ3) is 5.50. The third-order valence-electron chi connectivity index (χ3n) is 2.51. The van der Waals surface area contributed by atoms with E-state index in [1.165, 1.54) is 0 Å². The van der Waals surface area contributed by atoms with Crippen LogP contribution >= 0.6 is 0 Å². The molecule has 1 aromatic carbocycles. The van der Waals surface area contributed by atoms with Crippen LogP contribution in [0.2, 0.25) is 0 Å². The Kier molecular flexibility index (Phi) is 5.98. The second-order valence-corrected chi connectivity index (χ2v) is 4.20. The van der Waals surface area contributed by atoms with E-state index in [9.17, 15) is 9.59 Å². The average molecular weight is 265 g/mol. The summed E-state index contributed by atoms with van der Waals surface area (Å²) >= 11 is 0. The van der Waals surface area contributed by atoms with Crippen molar-refractivity contribution in [2.24, 2.45) is 11.5 Å². The zero-order chi connectivity index (χ0) is 14.3. The van der Waals surface area contributed by atoms with Crippen molar-refractivity contribution in [2.75, 3.05) is 19.8 Å². The average Bonchev–Trinajstić information content (AvgIpc) is 2.37. The van der Waals surface area contributed by atoms with E-state index in [1.54, 1.807) is 0 Å². The van der Waals surface area contributed by atoms with Crippen LogP contribution < -0.4 is 16.8 Å². The number of hydrogen-bond donors (Lipinski definition) is 3. The number of carbonyl (C=O) groups excluding carboxylic acids is 2.